The Morgan fingerprint density at radius 3 is 2.39 bits per heavy atom. The molecule has 0 saturated heterocycles. The smallest absolute Gasteiger partial charge is 0.327 e. The minimum absolute atomic E-state index is 0.266. The third-order valence-electron chi connectivity index (χ3n) is 5.68. The highest BCUT2D eigenvalue weighted by molar-refractivity contribution is 7.99. The molecule has 166 valence electrons. The van der Waals surface area contributed by atoms with Crippen molar-refractivity contribution in [2.24, 2.45) is 14.1 Å². The third kappa shape index (κ3) is 3.48. The topological polar surface area (TPSA) is 103 Å². The van der Waals surface area contributed by atoms with Gasteiger partial charge in [-0.2, -0.15) is 0 Å². The highest BCUT2D eigenvalue weighted by atomic mass is 32.2. The van der Waals surface area contributed by atoms with Crippen LogP contribution in [0.1, 0.15) is 11.1 Å². The van der Waals surface area contributed by atoms with Gasteiger partial charge in [-0.3, -0.25) is 18.5 Å². The fourth-order valence-electron chi connectivity index (χ4n) is 3.65. The number of aryl methyl sites for hydroxylation is 3. The van der Waals surface area contributed by atoms with Crippen LogP contribution in [0.5, 0.6) is 0 Å². The molecule has 0 saturated carbocycles. The Morgan fingerprint density at radius 1 is 0.909 bits per heavy atom. The van der Waals surface area contributed by atoms with Gasteiger partial charge < -0.3 is 4.98 Å². The van der Waals surface area contributed by atoms with E-state index < -0.39 is 11.2 Å². The molecule has 2 aromatic carbocycles. The molecular weight excluding hydrogens is 438 g/mol. The van der Waals surface area contributed by atoms with E-state index >= 15 is 0 Å². The van der Waals surface area contributed by atoms with Crippen LogP contribution < -0.4 is 11.2 Å². The van der Waals surface area contributed by atoms with Gasteiger partial charge in [0.05, 0.1) is 5.69 Å². The number of hydrogen-bond donors (Lipinski definition) is 1. The quantitative estimate of drug-likeness (QED) is 0.443. The lowest BCUT2D eigenvalue weighted by Gasteiger charge is -2.11. The van der Waals surface area contributed by atoms with Crippen molar-refractivity contribution in [3.8, 4) is 17.1 Å². The first-order valence-corrected chi connectivity index (χ1v) is 11.1. The lowest BCUT2D eigenvalue weighted by molar-refractivity contribution is 0.708. The van der Waals surface area contributed by atoms with Gasteiger partial charge in [0.1, 0.15) is 0 Å². The normalized spacial score (nSPS) is 11.4. The number of imidazole rings is 1. The predicted molar refractivity (Wildman–Crippen MR) is 127 cm³/mol. The maximum atomic E-state index is 12.5. The molecule has 0 atom stereocenters. The SMILES string of the molecule is Cc1ccc(-n2c(Sc3nc4c([nH]3)c(=O)n(C)c(=O)n4C)nnc2-c2ccccc2)cc1C. The van der Waals surface area contributed by atoms with Crippen LogP contribution in [0.2, 0.25) is 0 Å². The zero-order chi connectivity index (χ0) is 23.3. The maximum Gasteiger partial charge on any atom is 0.332 e. The molecule has 0 aliphatic heterocycles. The van der Waals surface area contributed by atoms with Gasteiger partial charge in [-0.15, -0.1) is 10.2 Å². The number of H-pyrrole nitrogens is 1. The fourth-order valence-corrected chi connectivity index (χ4v) is 4.47. The predicted octanol–water partition coefficient (Wildman–Crippen LogP) is 2.98. The first-order valence-electron chi connectivity index (χ1n) is 10.3. The largest absolute Gasteiger partial charge is 0.332 e. The lowest BCUT2D eigenvalue weighted by Crippen LogP contribution is -2.36. The van der Waals surface area contributed by atoms with Crippen LogP contribution >= 0.6 is 11.8 Å². The van der Waals surface area contributed by atoms with Crippen LogP contribution in [-0.2, 0) is 14.1 Å². The van der Waals surface area contributed by atoms with Crippen molar-refractivity contribution >= 4 is 22.9 Å². The molecule has 0 bridgehead atoms. The van der Waals surface area contributed by atoms with Crippen molar-refractivity contribution in [3.05, 3.63) is 80.5 Å². The molecule has 5 rings (SSSR count). The summed E-state index contributed by atoms with van der Waals surface area (Å²) in [5, 5.41) is 9.91. The van der Waals surface area contributed by atoms with Crippen LogP contribution in [0, 0.1) is 13.8 Å². The van der Waals surface area contributed by atoms with Gasteiger partial charge in [0.2, 0.25) is 5.16 Å². The number of nitrogens with zero attached hydrogens (tertiary/aromatic N) is 6. The van der Waals surface area contributed by atoms with E-state index in [1.54, 1.807) is 7.05 Å². The van der Waals surface area contributed by atoms with Crippen LogP contribution in [-0.4, -0.2) is 33.9 Å². The van der Waals surface area contributed by atoms with Crippen molar-refractivity contribution in [2.75, 3.05) is 0 Å². The second kappa shape index (κ2) is 7.89. The van der Waals surface area contributed by atoms with Crippen LogP contribution in [0.15, 0.2) is 68.4 Å². The molecule has 0 amide bonds. The number of fused-ring (bicyclic) bond motifs is 1. The second-order valence-corrected chi connectivity index (χ2v) is 8.78. The third-order valence-corrected chi connectivity index (χ3v) is 6.51. The van der Waals surface area contributed by atoms with Crippen molar-refractivity contribution in [2.45, 2.75) is 24.2 Å². The van der Waals surface area contributed by atoms with E-state index in [-0.39, 0.29) is 5.52 Å². The standard InChI is InChI=1S/C23H21N7O2S/c1-13-10-11-16(12-14(13)2)30-18(15-8-6-5-7-9-15)26-27-22(30)33-21-24-17-19(25-21)28(3)23(32)29(4)20(17)31/h5-12H,1-4H3,(H,24,25). The van der Waals surface area contributed by atoms with Gasteiger partial charge in [-0.1, -0.05) is 36.4 Å². The molecule has 33 heavy (non-hydrogen) atoms. The molecule has 3 heterocycles. The zero-order valence-electron chi connectivity index (χ0n) is 18.5. The number of hydrogen-bond acceptors (Lipinski definition) is 6. The van der Waals surface area contributed by atoms with Crippen LogP contribution in [0.3, 0.4) is 0 Å². The van der Waals surface area contributed by atoms with Gasteiger partial charge in [0, 0.05) is 19.7 Å². The van der Waals surface area contributed by atoms with E-state index in [1.165, 1.54) is 28.9 Å². The average molecular weight is 460 g/mol. The molecule has 0 spiro atoms. The summed E-state index contributed by atoms with van der Waals surface area (Å²) in [4.78, 5) is 32.4. The lowest BCUT2D eigenvalue weighted by atomic mass is 10.1. The Morgan fingerprint density at radius 2 is 1.67 bits per heavy atom. The fraction of sp³-hybridized carbons (Fsp3) is 0.174. The number of benzene rings is 2. The van der Waals surface area contributed by atoms with Gasteiger partial charge in [0.15, 0.2) is 22.1 Å². The molecule has 5 aromatic rings. The van der Waals surface area contributed by atoms with Crippen LogP contribution in [0.4, 0.5) is 0 Å². The summed E-state index contributed by atoms with van der Waals surface area (Å²) < 4.78 is 4.37. The molecule has 0 radical (unpaired) electrons. The zero-order valence-corrected chi connectivity index (χ0v) is 19.3. The number of nitrogens with one attached hydrogen (secondary N) is 1. The molecule has 9 nitrogen and oxygen atoms in total. The molecule has 0 fully saturated rings. The highest BCUT2D eigenvalue weighted by Crippen LogP contribution is 2.32. The van der Waals surface area contributed by atoms with E-state index in [9.17, 15) is 9.59 Å². The van der Waals surface area contributed by atoms with E-state index in [0.29, 0.717) is 21.8 Å². The Hall–Kier alpha value is -3.92. The van der Waals surface area contributed by atoms with Crippen molar-refractivity contribution in [1.82, 2.24) is 33.9 Å². The summed E-state index contributed by atoms with van der Waals surface area (Å²) in [6, 6.07) is 16.0. The summed E-state index contributed by atoms with van der Waals surface area (Å²) in [6.07, 6.45) is 0. The summed E-state index contributed by atoms with van der Waals surface area (Å²) in [6.45, 7) is 4.13. The van der Waals surface area contributed by atoms with Gasteiger partial charge in [-0.05, 0) is 48.9 Å². The molecule has 3 aromatic heterocycles. The van der Waals surface area contributed by atoms with E-state index in [1.807, 2.05) is 41.0 Å². The highest BCUT2D eigenvalue weighted by Gasteiger charge is 2.20. The molecular formula is C23H21N7O2S. The van der Waals surface area contributed by atoms with E-state index in [4.69, 9.17) is 0 Å². The Bertz CT molecular complexity index is 1630. The molecule has 1 N–H and O–H groups in total. The molecule has 0 aliphatic rings. The number of rotatable bonds is 4. The molecule has 0 unspecified atom stereocenters. The summed E-state index contributed by atoms with van der Waals surface area (Å²) in [5.74, 6) is 0.695. The van der Waals surface area contributed by atoms with Gasteiger partial charge >= 0.3 is 5.69 Å². The van der Waals surface area contributed by atoms with Gasteiger partial charge in [-0.25, -0.2) is 9.78 Å². The number of aromatic amines is 1. The summed E-state index contributed by atoms with van der Waals surface area (Å²) >= 11 is 1.25. The summed E-state index contributed by atoms with van der Waals surface area (Å²) in [5.41, 5.74) is 3.90. The van der Waals surface area contributed by atoms with Crippen molar-refractivity contribution < 1.29 is 0 Å². The van der Waals surface area contributed by atoms with Crippen molar-refractivity contribution in [1.29, 1.82) is 0 Å². The minimum atomic E-state index is -0.430. The monoisotopic (exact) mass is 459 g/mol. The average Bonchev–Trinajstić information content (AvgIpc) is 3.44. The van der Waals surface area contributed by atoms with Crippen molar-refractivity contribution in [3.63, 3.8) is 0 Å². The van der Waals surface area contributed by atoms with E-state index in [2.05, 4.69) is 46.1 Å². The Kier molecular flexibility index (Phi) is 5.01. The van der Waals surface area contributed by atoms with Crippen LogP contribution in [0.25, 0.3) is 28.2 Å². The minimum Gasteiger partial charge on any atom is -0.327 e. The molecule has 10 heteroatoms. The van der Waals surface area contributed by atoms with Gasteiger partial charge in [0.25, 0.3) is 5.56 Å². The number of aromatic nitrogens is 7. The molecule has 0 aliphatic carbocycles. The van der Waals surface area contributed by atoms with E-state index in [0.717, 1.165) is 21.4 Å². The Balaban J connectivity index is 1.68. The Labute approximate surface area is 192 Å². The first-order chi connectivity index (χ1) is 15.8. The maximum absolute atomic E-state index is 12.5. The first kappa shape index (κ1) is 21.0. The second-order valence-electron chi connectivity index (χ2n) is 7.82. The summed E-state index contributed by atoms with van der Waals surface area (Å²) in [7, 11) is 3.03.